The molecular formula is C58H35N3S. The number of hydrogen-bond donors (Lipinski definition) is 0. The van der Waals surface area contributed by atoms with Crippen LogP contribution in [0.3, 0.4) is 0 Å². The molecule has 1 spiro atoms. The van der Waals surface area contributed by atoms with Crippen molar-refractivity contribution >= 4 is 22.5 Å². The second-order valence-corrected chi connectivity index (χ2v) is 17.0. The fourth-order valence-electron chi connectivity index (χ4n) is 9.82. The Balaban J connectivity index is 1.09. The maximum Gasteiger partial charge on any atom is 0.160 e. The molecule has 9 aromatic carbocycles. The molecule has 1 aliphatic heterocycles. The van der Waals surface area contributed by atoms with E-state index in [0.717, 1.165) is 39.2 Å². The minimum Gasteiger partial charge on any atom is -0.228 e. The molecule has 3 nitrogen and oxygen atoms in total. The molecule has 288 valence electrons. The summed E-state index contributed by atoms with van der Waals surface area (Å²) in [6.45, 7) is 0. The minimum absolute atomic E-state index is 0.592. The van der Waals surface area contributed by atoms with E-state index in [1.165, 1.54) is 65.1 Å². The molecule has 10 aromatic rings. The summed E-state index contributed by atoms with van der Waals surface area (Å²) in [4.78, 5) is 12.9. The van der Waals surface area contributed by atoms with E-state index in [4.69, 9.17) is 9.97 Å². The molecule has 2 heterocycles. The van der Waals surface area contributed by atoms with Crippen molar-refractivity contribution < 1.29 is 0 Å². The lowest BCUT2D eigenvalue weighted by atomic mass is 9.66. The van der Waals surface area contributed by atoms with Crippen molar-refractivity contribution in [2.45, 2.75) is 15.2 Å². The van der Waals surface area contributed by atoms with Crippen LogP contribution in [0, 0.1) is 11.3 Å². The summed E-state index contributed by atoms with van der Waals surface area (Å²) in [5.41, 5.74) is 17.1. The third kappa shape index (κ3) is 5.60. The predicted molar refractivity (Wildman–Crippen MR) is 253 cm³/mol. The third-order valence-electron chi connectivity index (χ3n) is 12.6. The Kier molecular flexibility index (Phi) is 8.38. The molecule has 1 aliphatic carbocycles. The Morgan fingerprint density at radius 2 is 0.903 bits per heavy atom. The molecule has 0 N–H and O–H groups in total. The van der Waals surface area contributed by atoms with Crippen LogP contribution in [-0.2, 0) is 5.41 Å². The van der Waals surface area contributed by atoms with E-state index >= 15 is 0 Å². The van der Waals surface area contributed by atoms with E-state index < -0.39 is 5.41 Å². The molecule has 4 heteroatoms. The van der Waals surface area contributed by atoms with Crippen molar-refractivity contribution in [3.8, 4) is 73.4 Å². The fraction of sp³-hybridized carbons (Fsp3) is 0.0172. The second-order valence-electron chi connectivity index (χ2n) is 16.0. The van der Waals surface area contributed by atoms with Gasteiger partial charge in [0.2, 0.25) is 0 Å². The van der Waals surface area contributed by atoms with Crippen LogP contribution in [-0.4, -0.2) is 9.97 Å². The van der Waals surface area contributed by atoms with Gasteiger partial charge in [-0.3, -0.25) is 0 Å². The van der Waals surface area contributed by atoms with E-state index in [1.807, 2.05) is 60.3 Å². The van der Waals surface area contributed by atoms with Gasteiger partial charge in [0, 0.05) is 26.5 Å². The topological polar surface area (TPSA) is 49.6 Å². The first kappa shape index (κ1) is 36.0. The summed E-state index contributed by atoms with van der Waals surface area (Å²) < 4.78 is 0. The van der Waals surface area contributed by atoms with Crippen LogP contribution in [0.25, 0.3) is 78.1 Å². The molecule has 0 radical (unpaired) electrons. The number of aromatic nitrogens is 2. The summed E-state index contributed by atoms with van der Waals surface area (Å²) >= 11 is 1.86. The zero-order chi connectivity index (χ0) is 41.2. The van der Waals surface area contributed by atoms with Crippen LogP contribution in [0.15, 0.2) is 222 Å². The number of fused-ring (bicyclic) bond motifs is 10. The van der Waals surface area contributed by atoms with Gasteiger partial charge in [-0.05, 0) is 109 Å². The number of hydrogen-bond acceptors (Lipinski definition) is 4. The lowest BCUT2D eigenvalue weighted by Gasteiger charge is -2.40. The quantitative estimate of drug-likeness (QED) is 0.174. The van der Waals surface area contributed by atoms with Gasteiger partial charge >= 0.3 is 0 Å². The van der Waals surface area contributed by atoms with Crippen LogP contribution in [0.2, 0.25) is 0 Å². The SMILES string of the molecule is N#Cc1ccc(-c2ccc(-c3ccc4c(c3)C3(c5ccccc5S4)c4ccccc4-c4ccc(-c5cc(-c6ccccc6)nc(-c6ccccc6)n5)cc43)c3ccccc23)cc1. The van der Waals surface area contributed by atoms with E-state index in [1.54, 1.807) is 0 Å². The molecule has 2 aliphatic rings. The molecule has 0 fully saturated rings. The van der Waals surface area contributed by atoms with E-state index in [9.17, 15) is 5.26 Å². The summed E-state index contributed by atoms with van der Waals surface area (Å²) in [6, 6.07) is 78.2. The monoisotopic (exact) mass is 805 g/mol. The number of rotatable bonds is 5. The third-order valence-corrected chi connectivity index (χ3v) is 13.8. The van der Waals surface area contributed by atoms with Crippen LogP contribution < -0.4 is 0 Å². The molecule has 1 atom stereocenters. The maximum absolute atomic E-state index is 9.46. The molecule has 62 heavy (non-hydrogen) atoms. The molecule has 0 amide bonds. The Hall–Kier alpha value is -7.84. The van der Waals surface area contributed by atoms with Gasteiger partial charge in [0.25, 0.3) is 0 Å². The Labute approximate surface area is 364 Å². The number of nitriles is 1. The van der Waals surface area contributed by atoms with Crippen LogP contribution in [0.4, 0.5) is 0 Å². The van der Waals surface area contributed by atoms with Crippen molar-refractivity contribution in [1.82, 2.24) is 9.97 Å². The fourth-order valence-corrected chi connectivity index (χ4v) is 11.0. The second kappa shape index (κ2) is 14.4. The first-order valence-electron chi connectivity index (χ1n) is 20.9. The highest BCUT2D eigenvalue weighted by molar-refractivity contribution is 7.99. The van der Waals surface area contributed by atoms with Gasteiger partial charge in [0.1, 0.15) is 0 Å². The summed E-state index contributed by atoms with van der Waals surface area (Å²) in [7, 11) is 0. The van der Waals surface area contributed by atoms with Crippen molar-refractivity contribution in [1.29, 1.82) is 5.26 Å². The van der Waals surface area contributed by atoms with Crippen molar-refractivity contribution in [3.63, 3.8) is 0 Å². The first-order chi connectivity index (χ1) is 30.7. The van der Waals surface area contributed by atoms with Crippen LogP contribution in [0.1, 0.15) is 27.8 Å². The van der Waals surface area contributed by atoms with Crippen LogP contribution in [0.5, 0.6) is 0 Å². The molecule has 1 unspecified atom stereocenters. The average molecular weight is 806 g/mol. The summed E-state index contributed by atoms with van der Waals surface area (Å²) in [6.07, 6.45) is 0. The van der Waals surface area contributed by atoms with Gasteiger partial charge in [0.05, 0.1) is 28.4 Å². The van der Waals surface area contributed by atoms with Crippen LogP contribution >= 0.6 is 11.8 Å². The smallest absolute Gasteiger partial charge is 0.160 e. The maximum atomic E-state index is 9.46. The van der Waals surface area contributed by atoms with Crippen molar-refractivity contribution in [2.75, 3.05) is 0 Å². The van der Waals surface area contributed by atoms with Gasteiger partial charge in [0.15, 0.2) is 5.82 Å². The Morgan fingerprint density at radius 1 is 0.371 bits per heavy atom. The minimum atomic E-state index is -0.592. The normalized spacial score (nSPS) is 14.4. The largest absolute Gasteiger partial charge is 0.228 e. The summed E-state index contributed by atoms with van der Waals surface area (Å²) in [5, 5.41) is 11.8. The van der Waals surface area contributed by atoms with Gasteiger partial charge in [-0.2, -0.15) is 5.26 Å². The molecule has 0 saturated carbocycles. The highest BCUT2D eigenvalue weighted by Gasteiger charge is 2.50. The number of benzene rings is 9. The van der Waals surface area contributed by atoms with E-state index in [2.05, 4.69) is 170 Å². The zero-order valence-electron chi connectivity index (χ0n) is 33.5. The highest BCUT2D eigenvalue weighted by Crippen LogP contribution is 2.63. The molecule has 0 saturated heterocycles. The highest BCUT2D eigenvalue weighted by atomic mass is 32.2. The van der Waals surface area contributed by atoms with E-state index in [0.29, 0.717) is 11.4 Å². The molecule has 12 rings (SSSR count). The molecular weight excluding hydrogens is 771 g/mol. The standard InChI is InChI=1S/C58H35N3S/c59-36-37-23-25-38(26-24-37)43-30-31-44(46-18-8-7-17-45(43)46)41-28-32-56-52(33-41)58(50-21-11-12-22-55(50)62-56)49-20-10-9-19-47(49)48-29-27-42(34-51(48)58)54-35-53(39-13-3-1-4-14-39)60-57(61-54)40-15-5-2-6-16-40/h1-35H. The van der Waals surface area contributed by atoms with Gasteiger partial charge in [-0.25, -0.2) is 9.97 Å². The lowest BCUT2D eigenvalue weighted by Crippen LogP contribution is -2.32. The van der Waals surface area contributed by atoms with Gasteiger partial charge < -0.3 is 0 Å². The predicted octanol–water partition coefficient (Wildman–Crippen LogP) is 14.7. The molecule has 0 bridgehead atoms. The summed E-state index contributed by atoms with van der Waals surface area (Å²) in [5.74, 6) is 0.701. The van der Waals surface area contributed by atoms with Crippen molar-refractivity contribution in [2.24, 2.45) is 0 Å². The van der Waals surface area contributed by atoms with Gasteiger partial charge in [-0.15, -0.1) is 0 Å². The zero-order valence-corrected chi connectivity index (χ0v) is 34.3. The lowest BCUT2D eigenvalue weighted by molar-refractivity contribution is 0.723. The average Bonchev–Trinajstić information content (AvgIpc) is 3.64. The van der Waals surface area contributed by atoms with E-state index in [-0.39, 0.29) is 0 Å². The number of nitrogens with zero attached hydrogens (tertiary/aromatic N) is 3. The Bertz CT molecular complexity index is 3390. The Morgan fingerprint density at radius 3 is 1.65 bits per heavy atom. The van der Waals surface area contributed by atoms with Gasteiger partial charge in [-0.1, -0.05) is 182 Å². The first-order valence-corrected chi connectivity index (χ1v) is 21.7. The molecule has 1 aromatic heterocycles. The van der Waals surface area contributed by atoms with Crippen molar-refractivity contribution in [3.05, 3.63) is 240 Å².